The van der Waals surface area contributed by atoms with Gasteiger partial charge in [0.15, 0.2) is 0 Å². The third-order valence-electron chi connectivity index (χ3n) is 5.36. The lowest BCUT2D eigenvalue weighted by atomic mass is 10.0. The molecule has 0 unspecified atom stereocenters. The van der Waals surface area contributed by atoms with Crippen molar-refractivity contribution in [2.24, 2.45) is 0 Å². The van der Waals surface area contributed by atoms with E-state index >= 15 is 0 Å². The molecular weight excluding hydrogens is 504 g/mol. The summed E-state index contributed by atoms with van der Waals surface area (Å²) in [6.45, 7) is 0. The Bertz CT molecular complexity index is 1710. The van der Waals surface area contributed by atoms with Gasteiger partial charge < -0.3 is 18.6 Å². The van der Waals surface area contributed by atoms with Gasteiger partial charge in [-0.05, 0) is 82.2 Å². The fourth-order valence-corrected chi connectivity index (χ4v) is 5.61. The summed E-state index contributed by atoms with van der Waals surface area (Å²) in [7, 11) is -8.29. The molecule has 0 amide bonds. The molecule has 0 aromatic heterocycles. The van der Waals surface area contributed by atoms with Crippen LogP contribution in [0.2, 0.25) is 0 Å². The van der Waals surface area contributed by atoms with Gasteiger partial charge >= 0.3 is 20.2 Å². The van der Waals surface area contributed by atoms with Gasteiger partial charge in [-0.2, -0.15) is 16.8 Å². The second-order valence-electron chi connectivity index (χ2n) is 7.94. The number of benzene rings is 5. The molecule has 0 saturated carbocycles. The smallest absolute Gasteiger partial charge is 0.339 e. The molecule has 8 nitrogen and oxygen atoms in total. The van der Waals surface area contributed by atoms with Gasteiger partial charge in [0.1, 0.15) is 32.8 Å². The molecule has 182 valence electrons. The van der Waals surface area contributed by atoms with E-state index in [0.717, 1.165) is 22.9 Å². The molecule has 0 saturated heterocycles. The minimum Gasteiger partial charge on any atom is -0.508 e. The molecule has 0 atom stereocenters. The van der Waals surface area contributed by atoms with E-state index in [1.807, 2.05) is 12.1 Å². The summed E-state index contributed by atoms with van der Waals surface area (Å²) in [5.74, 6) is -0.185. The number of aromatic hydroxyl groups is 2. The molecule has 5 aromatic carbocycles. The quantitative estimate of drug-likeness (QED) is 0.237. The van der Waals surface area contributed by atoms with Crippen LogP contribution in [0.25, 0.3) is 21.5 Å². The zero-order valence-electron chi connectivity index (χ0n) is 18.4. The van der Waals surface area contributed by atoms with E-state index in [4.69, 9.17) is 8.37 Å². The zero-order valence-corrected chi connectivity index (χ0v) is 20.0. The Hall–Kier alpha value is -4.28. The van der Waals surface area contributed by atoms with Crippen LogP contribution in [0.3, 0.4) is 0 Å². The van der Waals surface area contributed by atoms with Crippen molar-refractivity contribution in [1.82, 2.24) is 0 Å². The summed E-state index contributed by atoms with van der Waals surface area (Å²) < 4.78 is 60.7. The summed E-state index contributed by atoms with van der Waals surface area (Å²) in [5.41, 5.74) is 0. The van der Waals surface area contributed by atoms with E-state index < -0.39 is 20.2 Å². The second kappa shape index (κ2) is 8.74. The van der Waals surface area contributed by atoms with Crippen molar-refractivity contribution in [2.45, 2.75) is 9.79 Å². The Morgan fingerprint density at radius 3 is 1.28 bits per heavy atom. The van der Waals surface area contributed by atoms with Crippen LogP contribution in [0.4, 0.5) is 0 Å². The van der Waals surface area contributed by atoms with Gasteiger partial charge in [-0.25, -0.2) is 0 Å². The van der Waals surface area contributed by atoms with Gasteiger partial charge in [0.05, 0.1) is 0 Å². The maximum Gasteiger partial charge on any atom is 0.339 e. The number of hydrogen-bond donors (Lipinski definition) is 2. The highest BCUT2D eigenvalue weighted by Crippen LogP contribution is 2.31. The molecule has 2 N–H and O–H groups in total. The molecule has 0 spiro atoms. The maximum absolute atomic E-state index is 12.6. The third kappa shape index (κ3) is 4.77. The predicted octanol–water partition coefficient (Wildman–Crippen LogP) is 4.94. The Morgan fingerprint density at radius 2 is 0.889 bits per heavy atom. The second-order valence-corrected chi connectivity index (χ2v) is 11.0. The molecular formula is C26H18O8S2. The molecule has 0 radical (unpaired) electrons. The van der Waals surface area contributed by atoms with Gasteiger partial charge in [-0.1, -0.05) is 24.3 Å². The Kier molecular flexibility index (Phi) is 5.70. The first-order chi connectivity index (χ1) is 17.1. The SMILES string of the molecule is O=S(=O)(Oc1ccc2cc3cc(OS(=O)(=O)c4cccc(O)c4)ccc3cc2c1)c1cccc(O)c1. The van der Waals surface area contributed by atoms with E-state index in [0.29, 0.717) is 10.8 Å². The summed E-state index contributed by atoms with van der Waals surface area (Å²) in [6, 6.07) is 23.5. The van der Waals surface area contributed by atoms with Crippen LogP contribution in [0, 0.1) is 0 Å². The highest BCUT2D eigenvalue weighted by molar-refractivity contribution is 7.87. The van der Waals surface area contributed by atoms with Crippen molar-refractivity contribution in [3.05, 3.63) is 97.1 Å². The van der Waals surface area contributed by atoms with Crippen LogP contribution in [0.5, 0.6) is 23.0 Å². The van der Waals surface area contributed by atoms with E-state index in [1.54, 1.807) is 24.3 Å². The fraction of sp³-hybridized carbons (Fsp3) is 0. The van der Waals surface area contributed by atoms with E-state index in [2.05, 4.69) is 0 Å². The zero-order chi connectivity index (χ0) is 25.5. The van der Waals surface area contributed by atoms with Crippen molar-refractivity contribution in [3.63, 3.8) is 0 Å². The number of hydrogen-bond acceptors (Lipinski definition) is 8. The molecule has 0 fully saturated rings. The minimum absolute atomic E-state index is 0.0994. The van der Waals surface area contributed by atoms with Crippen molar-refractivity contribution in [1.29, 1.82) is 0 Å². The summed E-state index contributed by atoms with van der Waals surface area (Å²) in [4.78, 5) is -0.344. The van der Waals surface area contributed by atoms with E-state index in [1.165, 1.54) is 48.5 Å². The van der Waals surface area contributed by atoms with Gasteiger partial charge in [0, 0.05) is 12.1 Å². The average Bonchev–Trinajstić information content (AvgIpc) is 2.82. The molecule has 36 heavy (non-hydrogen) atoms. The van der Waals surface area contributed by atoms with Crippen molar-refractivity contribution < 1.29 is 35.4 Å². The van der Waals surface area contributed by atoms with Crippen molar-refractivity contribution in [3.8, 4) is 23.0 Å². The number of rotatable bonds is 6. The number of phenols is 2. The first kappa shape index (κ1) is 23.5. The Morgan fingerprint density at radius 1 is 0.472 bits per heavy atom. The molecule has 0 aliphatic heterocycles. The Balaban J connectivity index is 1.45. The minimum atomic E-state index is -4.14. The van der Waals surface area contributed by atoms with Crippen LogP contribution in [-0.4, -0.2) is 27.0 Å². The predicted molar refractivity (Wildman–Crippen MR) is 133 cm³/mol. The van der Waals surface area contributed by atoms with Gasteiger partial charge in [0.25, 0.3) is 0 Å². The highest BCUT2D eigenvalue weighted by atomic mass is 32.2. The first-order valence-electron chi connectivity index (χ1n) is 10.5. The normalized spacial score (nSPS) is 12.0. The molecule has 0 heterocycles. The van der Waals surface area contributed by atoms with E-state index in [-0.39, 0.29) is 32.8 Å². The molecule has 0 aliphatic rings. The fourth-order valence-electron chi connectivity index (χ4n) is 3.68. The highest BCUT2D eigenvalue weighted by Gasteiger charge is 2.19. The van der Waals surface area contributed by atoms with Crippen LogP contribution >= 0.6 is 0 Å². The summed E-state index contributed by atoms with van der Waals surface area (Å²) in [5, 5.41) is 22.1. The van der Waals surface area contributed by atoms with Gasteiger partial charge in [-0.3, -0.25) is 0 Å². The number of phenolic OH excluding ortho intramolecular Hbond substituents is 2. The monoisotopic (exact) mass is 522 g/mol. The lowest BCUT2D eigenvalue weighted by molar-refractivity contribution is 0.467. The molecule has 10 heteroatoms. The largest absolute Gasteiger partial charge is 0.508 e. The first-order valence-corrected chi connectivity index (χ1v) is 13.4. The number of fused-ring (bicyclic) bond motifs is 2. The summed E-state index contributed by atoms with van der Waals surface area (Å²) in [6.07, 6.45) is 0. The van der Waals surface area contributed by atoms with Crippen molar-refractivity contribution >= 4 is 41.8 Å². The molecule has 0 aliphatic carbocycles. The molecule has 0 bridgehead atoms. The van der Waals surface area contributed by atoms with Crippen LogP contribution < -0.4 is 8.37 Å². The van der Waals surface area contributed by atoms with Crippen LogP contribution in [0.1, 0.15) is 0 Å². The lowest BCUT2D eigenvalue weighted by Gasteiger charge is -2.10. The maximum atomic E-state index is 12.6. The van der Waals surface area contributed by atoms with Gasteiger partial charge in [0.2, 0.25) is 0 Å². The topological polar surface area (TPSA) is 127 Å². The van der Waals surface area contributed by atoms with Crippen LogP contribution in [-0.2, 0) is 20.2 Å². The Labute approximate surface area is 206 Å². The molecule has 5 aromatic rings. The van der Waals surface area contributed by atoms with E-state index in [9.17, 15) is 27.0 Å². The lowest BCUT2D eigenvalue weighted by Crippen LogP contribution is -2.09. The third-order valence-corrected chi connectivity index (χ3v) is 7.85. The summed E-state index contributed by atoms with van der Waals surface area (Å²) >= 11 is 0. The van der Waals surface area contributed by atoms with Gasteiger partial charge in [-0.15, -0.1) is 0 Å². The molecule has 5 rings (SSSR count). The van der Waals surface area contributed by atoms with Crippen molar-refractivity contribution in [2.75, 3.05) is 0 Å². The average molecular weight is 523 g/mol. The van der Waals surface area contributed by atoms with Crippen LogP contribution in [0.15, 0.2) is 107 Å². The standard InChI is InChI=1S/C26H18O8S2/c27-21-3-1-5-25(15-21)35(29,30)33-23-9-7-17-12-20-14-24(10-8-18(20)11-19(17)13-23)34-36(31,32)26-6-2-4-22(28)16-26/h1-16,27-28H.